The minimum atomic E-state index is -0.842. The molecule has 0 spiro atoms. The van der Waals surface area contributed by atoms with Gasteiger partial charge in [-0.15, -0.1) is 0 Å². The Hall–Kier alpha value is -2.67. The zero-order chi connectivity index (χ0) is 18.6. The van der Waals surface area contributed by atoms with Crippen molar-refractivity contribution in [3.63, 3.8) is 0 Å². The van der Waals surface area contributed by atoms with Crippen molar-refractivity contribution >= 4 is 11.4 Å². The molecule has 6 nitrogen and oxygen atoms in total. The monoisotopic (exact) mass is 360 g/mol. The number of hydrogen-bond acceptors (Lipinski definition) is 5. The summed E-state index contributed by atoms with van der Waals surface area (Å²) in [5, 5.41) is 14.3. The number of ether oxygens (including phenoxy) is 2. The van der Waals surface area contributed by atoms with Crippen LogP contribution in [0.25, 0.3) is 0 Å². The zero-order valence-electron chi connectivity index (χ0n) is 14.5. The highest BCUT2D eigenvalue weighted by atomic mass is 19.1. The molecular formula is C19H21FN2O4. The van der Waals surface area contributed by atoms with Gasteiger partial charge in [-0.2, -0.15) is 4.39 Å². The molecule has 0 saturated carbocycles. The predicted octanol–water partition coefficient (Wildman–Crippen LogP) is 3.90. The van der Waals surface area contributed by atoms with Gasteiger partial charge in [0, 0.05) is 25.2 Å². The number of benzene rings is 2. The average molecular weight is 360 g/mol. The quantitative estimate of drug-likeness (QED) is 0.625. The number of para-hydroxylation sites is 1. The Morgan fingerprint density at radius 3 is 2.54 bits per heavy atom. The third-order valence-corrected chi connectivity index (χ3v) is 4.94. The van der Waals surface area contributed by atoms with Crippen LogP contribution < -0.4 is 10.1 Å². The maximum absolute atomic E-state index is 13.9. The van der Waals surface area contributed by atoms with Gasteiger partial charge in [-0.25, -0.2) is 0 Å². The first-order valence-corrected chi connectivity index (χ1v) is 8.45. The molecule has 2 aromatic rings. The first-order valence-electron chi connectivity index (χ1n) is 8.45. The van der Waals surface area contributed by atoms with Gasteiger partial charge in [-0.05, 0) is 42.7 Å². The van der Waals surface area contributed by atoms with Gasteiger partial charge in [-0.1, -0.05) is 18.2 Å². The molecule has 138 valence electrons. The first-order chi connectivity index (χ1) is 12.6. The molecule has 1 aliphatic rings. The van der Waals surface area contributed by atoms with Crippen LogP contribution in [0.5, 0.6) is 5.75 Å². The summed E-state index contributed by atoms with van der Waals surface area (Å²) in [6.45, 7) is 1.67. The number of methoxy groups -OCH3 is 1. The molecule has 0 amide bonds. The molecule has 1 saturated heterocycles. The number of halogens is 1. The van der Waals surface area contributed by atoms with Crippen LogP contribution in [-0.4, -0.2) is 31.8 Å². The number of anilines is 1. The van der Waals surface area contributed by atoms with E-state index in [0.717, 1.165) is 30.2 Å². The number of nitro groups is 1. The van der Waals surface area contributed by atoms with Crippen molar-refractivity contribution in [3.8, 4) is 5.75 Å². The SMILES string of the molecule is COc1ccc(C2(CNc3cccc(F)c3[N+](=O)[O-])CCOCC2)cc1. The Labute approximate surface area is 151 Å². The smallest absolute Gasteiger partial charge is 0.327 e. The summed E-state index contributed by atoms with van der Waals surface area (Å²) in [5.41, 5.74) is 0.525. The molecule has 0 aliphatic carbocycles. The number of hydrogen-bond donors (Lipinski definition) is 1. The number of nitro benzene ring substituents is 1. The Kier molecular flexibility index (Phi) is 5.37. The fraction of sp³-hybridized carbons (Fsp3) is 0.368. The molecule has 0 aromatic heterocycles. The minimum absolute atomic E-state index is 0.189. The summed E-state index contributed by atoms with van der Waals surface area (Å²) in [7, 11) is 1.61. The van der Waals surface area contributed by atoms with Gasteiger partial charge in [-0.3, -0.25) is 10.1 Å². The van der Waals surface area contributed by atoms with E-state index in [1.165, 1.54) is 12.1 Å². The molecule has 2 aromatic carbocycles. The van der Waals surface area contributed by atoms with E-state index in [-0.39, 0.29) is 11.1 Å². The highest BCUT2D eigenvalue weighted by molar-refractivity contribution is 5.62. The normalized spacial score (nSPS) is 16.1. The molecule has 3 rings (SSSR count). The van der Waals surface area contributed by atoms with E-state index in [2.05, 4.69) is 5.32 Å². The standard InChI is InChI=1S/C19H21FN2O4/c1-25-15-7-5-14(6-8-15)19(9-11-26-12-10-19)13-21-17-4-2-3-16(20)18(17)22(23)24/h2-8,21H,9-13H2,1H3. The largest absolute Gasteiger partial charge is 0.497 e. The summed E-state index contributed by atoms with van der Waals surface area (Å²) in [4.78, 5) is 10.5. The molecule has 0 atom stereocenters. The highest BCUT2D eigenvalue weighted by Gasteiger charge is 2.35. The van der Waals surface area contributed by atoms with Crippen LogP contribution in [0.4, 0.5) is 15.8 Å². The van der Waals surface area contributed by atoms with Crippen molar-refractivity contribution in [2.24, 2.45) is 0 Å². The summed E-state index contributed by atoms with van der Waals surface area (Å²) in [6, 6.07) is 11.9. The van der Waals surface area contributed by atoms with E-state index >= 15 is 0 Å². The van der Waals surface area contributed by atoms with Crippen LogP contribution in [-0.2, 0) is 10.2 Å². The second kappa shape index (κ2) is 7.70. The lowest BCUT2D eigenvalue weighted by Crippen LogP contribution is -2.40. The van der Waals surface area contributed by atoms with Crippen LogP contribution >= 0.6 is 0 Å². The lowest BCUT2D eigenvalue weighted by Gasteiger charge is -2.38. The second-order valence-electron chi connectivity index (χ2n) is 6.37. The van der Waals surface area contributed by atoms with Crippen LogP contribution in [0.2, 0.25) is 0 Å². The van der Waals surface area contributed by atoms with E-state index < -0.39 is 16.4 Å². The van der Waals surface area contributed by atoms with E-state index in [1.807, 2.05) is 24.3 Å². The van der Waals surface area contributed by atoms with Crippen molar-refractivity contribution in [1.29, 1.82) is 0 Å². The predicted molar refractivity (Wildman–Crippen MR) is 96.3 cm³/mol. The fourth-order valence-electron chi connectivity index (χ4n) is 3.38. The summed E-state index contributed by atoms with van der Waals surface area (Å²) in [6.07, 6.45) is 1.55. The molecular weight excluding hydrogens is 339 g/mol. The molecule has 26 heavy (non-hydrogen) atoms. The average Bonchev–Trinajstić information content (AvgIpc) is 2.67. The van der Waals surface area contributed by atoms with Crippen LogP contribution in [0, 0.1) is 15.9 Å². The summed E-state index contributed by atoms with van der Waals surface area (Å²) >= 11 is 0. The van der Waals surface area contributed by atoms with Gasteiger partial charge >= 0.3 is 5.69 Å². The van der Waals surface area contributed by atoms with Crippen LogP contribution in [0.1, 0.15) is 18.4 Å². The molecule has 0 unspecified atom stereocenters. The van der Waals surface area contributed by atoms with Gasteiger partial charge in [0.25, 0.3) is 0 Å². The first kappa shape index (κ1) is 18.1. The lowest BCUT2D eigenvalue weighted by atomic mass is 9.74. The van der Waals surface area contributed by atoms with Gasteiger partial charge in [0.2, 0.25) is 5.82 Å². The summed E-state index contributed by atoms with van der Waals surface area (Å²) < 4.78 is 24.6. The van der Waals surface area contributed by atoms with Crippen molar-refractivity contribution < 1.29 is 18.8 Å². The summed E-state index contributed by atoms with van der Waals surface area (Å²) in [5.74, 6) is -0.0739. The van der Waals surface area contributed by atoms with E-state index in [4.69, 9.17) is 9.47 Å². The van der Waals surface area contributed by atoms with Gasteiger partial charge in [0.05, 0.1) is 12.0 Å². The van der Waals surface area contributed by atoms with E-state index in [1.54, 1.807) is 7.11 Å². The van der Waals surface area contributed by atoms with Crippen molar-refractivity contribution in [3.05, 3.63) is 64.0 Å². The maximum atomic E-state index is 13.9. The molecule has 1 aliphatic heterocycles. The van der Waals surface area contributed by atoms with Gasteiger partial charge in [0.15, 0.2) is 0 Å². The maximum Gasteiger partial charge on any atom is 0.327 e. The number of nitrogens with zero attached hydrogens (tertiary/aromatic N) is 1. The molecule has 0 radical (unpaired) electrons. The number of rotatable bonds is 6. The Morgan fingerprint density at radius 2 is 1.92 bits per heavy atom. The third kappa shape index (κ3) is 3.62. The van der Waals surface area contributed by atoms with E-state index in [9.17, 15) is 14.5 Å². The fourth-order valence-corrected chi connectivity index (χ4v) is 3.38. The second-order valence-corrected chi connectivity index (χ2v) is 6.37. The lowest BCUT2D eigenvalue weighted by molar-refractivity contribution is -0.386. The van der Waals surface area contributed by atoms with Crippen molar-refractivity contribution in [2.75, 3.05) is 32.2 Å². The van der Waals surface area contributed by atoms with Crippen LogP contribution in [0.15, 0.2) is 42.5 Å². The molecule has 1 N–H and O–H groups in total. The van der Waals surface area contributed by atoms with Crippen molar-refractivity contribution in [1.82, 2.24) is 0 Å². The Balaban J connectivity index is 1.88. The third-order valence-electron chi connectivity index (χ3n) is 4.94. The van der Waals surface area contributed by atoms with Gasteiger partial charge in [0.1, 0.15) is 11.4 Å². The zero-order valence-corrected chi connectivity index (χ0v) is 14.5. The molecule has 7 heteroatoms. The molecule has 1 fully saturated rings. The Morgan fingerprint density at radius 1 is 1.23 bits per heavy atom. The van der Waals surface area contributed by atoms with Gasteiger partial charge < -0.3 is 14.8 Å². The van der Waals surface area contributed by atoms with Crippen LogP contribution in [0.3, 0.4) is 0 Å². The van der Waals surface area contributed by atoms with E-state index in [0.29, 0.717) is 19.8 Å². The molecule has 0 bridgehead atoms. The molecule has 1 heterocycles. The number of nitrogens with one attached hydrogen (secondary N) is 1. The Bertz CT molecular complexity index is 774. The highest BCUT2D eigenvalue weighted by Crippen LogP contribution is 2.37. The van der Waals surface area contributed by atoms with Crippen molar-refractivity contribution in [2.45, 2.75) is 18.3 Å². The minimum Gasteiger partial charge on any atom is -0.497 e. The topological polar surface area (TPSA) is 73.6 Å².